The van der Waals surface area contributed by atoms with Gasteiger partial charge in [-0.15, -0.1) is 25.5 Å². The van der Waals surface area contributed by atoms with Crippen molar-refractivity contribution < 1.29 is 5.03 Å². The molecule has 0 atom stereocenters. The molecule has 0 aliphatic carbocycles. The molecule has 0 unspecified atom stereocenters. The molecule has 0 aliphatic rings. The number of anilines is 1. The lowest BCUT2D eigenvalue weighted by Gasteiger charge is -2.01. The third-order valence-corrected chi connectivity index (χ3v) is 2.43. The topological polar surface area (TPSA) is 142 Å². The van der Waals surface area contributed by atoms with Gasteiger partial charge < -0.3 is 0 Å². The maximum atomic E-state index is 10.5. The van der Waals surface area contributed by atoms with Crippen molar-refractivity contribution >= 4 is 11.7 Å². The second kappa shape index (κ2) is 4.18. The Balaban J connectivity index is 2.14. The molecule has 0 amide bonds. The first-order valence-electron chi connectivity index (χ1n) is 5.45. The zero-order valence-corrected chi connectivity index (χ0v) is 10.4. The van der Waals surface area contributed by atoms with E-state index in [2.05, 4.69) is 30.6 Å². The maximum Gasteiger partial charge on any atom is 0.308 e. The molecule has 0 saturated carbocycles. The Morgan fingerprint density at radius 3 is 2.60 bits per heavy atom. The lowest BCUT2D eigenvalue weighted by molar-refractivity contribution is -0.446. The van der Waals surface area contributed by atoms with Crippen LogP contribution in [0.5, 0.6) is 0 Å². The van der Waals surface area contributed by atoms with E-state index in [1.165, 1.54) is 4.68 Å². The van der Waals surface area contributed by atoms with Gasteiger partial charge >= 0.3 is 5.95 Å². The highest BCUT2D eigenvalue weighted by atomic mass is 16.7. The first-order chi connectivity index (χ1) is 9.54. The summed E-state index contributed by atoms with van der Waals surface area (Å²) in [6.07, 6.45) is 0. The van der Waals surface area contributed by atoms with Crippen LogP contribution in [-0.2, 0) is 0 Å². The summed E-state index contributed by atoms with van der Waals surface area (Å²) in [6.45, 7) is 3.66. The number of fused-ring (bicyclic) bond motifs is 1. The van der Waals surface area contributed by atoms with E-state index < -0.39 is 5.03 Å². The Morgan fingerprint density at radius 1 is 1.20 bits per heavy atom. The number of hydrogen-bond donors (Lipinski definition) is 1. The smallest absolute Gasteiger partial charge is 0.234 e. The van der Waals surface area contributed by atoms with Gasteiger partial charge in [-0.25, -0.2) is 14.8 Å². The monoisotopic (exact) mass is 276 g/mol. The van der Waals surface area contributed by atoms with Crippen LogP contribution in [0, 0.1) is 24.0 Å². The number of hydrazine groups is 1. The van der Waals surface area contributed by atoms with E-state index in [4.69, 9.17) is 0 Å². The predicted octanol–water partition coefficient (Wildman–Crippen LogP) is -0.680. The summed E-state index contributed by atoms with van der Waals surface area (Å²) in [5.74, 6) is 0.0385. The molecule has 0 aromatic carbocycles. The van der Waals surface area contributed by atoms with Gasteiger partial charge in [-0.3, -0.25) is 0 Å². The highest BCUT2D eigenvalue weighted by Gasteiger charge is 2.15. The van der Waals surface area contributed by atoms with Gasteiger partial charge in [0.15, 0.2) is 5.03 Å². The Labute approximate surface area is 110 Å². The van der Waals surface area contributed by atoms with Crippen LogP contribution in [0.3, 0.4) is 0 Å². The fourth-order valence-electron chi connectivity index (χ4n) is 1.69. The molecule has 0 bridgehead atoms. The molecule has 0 fully saturated rings. The van der Waals surface area contributed by atoms with Crippen molar-refractivity contribution in [2.45, 2.75) is 13.8 Å². The van der Waals surface area contributed by atoms with Gasteiger partial charge in [-0.2, -0.15) is 9.61 Å². The summed E-state index contributed by atoms with van der Waals surface area (Å²) in [6, 6.07) is 1.84. The number of rotatable bonds is 3. The molecule has 12 nitrogen and oxygen atoms in total. The Hall–Kier alpha value is -3.18. The maximum absolute atomic E-state index is 10.5. The van der Waals surface area contributed by atoms with E-state index in [1.54, 1.807) is 0 Å². The lowest BCUT2D eigenvalue weighted by atomic mass is 10.4. The zero-order valence-electron chi connectivity index (χ0n) is 10.4. The molecule has 3 rings (SSSR count). The molecule has 3 aromatic rings. The quantitative estimate of drug-likeness (QED) is 0.486. The Kier molecular flexibility index (Phi) is 2.49. The summed E-state index contributed by atoms with van der Waals surface area (Å²) >= 11 is 0. The minimum absolute atomic E-state index is 0.0413. The van der Waals surface area contributed by atoms with Gasteiger partial charge in [0.25, 0.3) is 11.7 Å². The van der Waals surface area contributed by atoms with Crippen molar-refractivity contribution in [3.05, 3.63) is 27.6 Å². The Morgan fingerprint density at radius 2 is 1.95 bits per heavy atom. The fraction of sp³-hybridized carbons (Fsp3) is 0.250. The fourth-order valence-corrected chi connectivity index (χ4v) is 1.69. The highest BCUT2D eigenvalue weighted by Crippen LogP contribution is 2.08. The normalized spacial score (nSPS) is 10.9. The highest BCUT2D eigenvalue weighted by molar-refractivity contribution is 5.34. The third kappa shape index (κ3) is 1.88. The molecular weight excluding hydrogens is 268 g/mol. The average molecular weight is 276 g/mol. The largest absolute Gasteiger partial charge is 0.308 e. The molecule has 0 aliphatic heterocycles. The second-order valence-electron chi connectivity index (χ2n) is 3.94. The van der Waals surface area contributed by atoms with Crippen molar-refractivity contribution in [3.63, 3.8) is 0 Å². The van der Waals surface area contributed by atoms with E-state index >= 15 is 0 Å². The van der Waals surface area contributed by atoms with Gasteiger partial charge in [0, 0.05) is 5.69 Å². The van der Waals surface area contributed by atoms with Gasteiger partial charge in [0.2, 0.25) is 0 Å². The molecule has 20 heavy (non-hydrogen) atoms. The minimum Gasteiger partial charge on any atom is -0.234 e. The Bertz CT molecular complexity index is 805. The molecule has 102 valence electrons. The zero-order chi connectivity index (χ0) is 14.3. The molecule has 3 aromatic heterocycles. The molecular formula is C8H8N10O2. The van der Waals surface area contributed by atoms with E-state index in [0.717, 1.165) is 15.9 Å². The van der Waals surface area contributed by atoms with Gasteiger partial charge in [-0.1, -0.05) is 5.43 Å². The van der Waals surface area contributed by atoms with Crippen LogP contribution in [0.25, 0.3) is 11.7 Å². The van der Waals surface area contributed by atoms with Gasteiger partial charge in [0.05, 0.1) is 5.69 Å². The van der Waals surface area contributed by atoms with Crippen molar-refractivity contribution in [1.29, 1.82) is 0 Å². The SMILES string of the molecule is Cc1cc(C)n(-c2nnc3nnc(N[N+](=O)[O-])n3n2)n1. The van der Waals surface area contributed by atoms with E-state index in [0.29, 0.717) is 0 Å². The number of nitrogens with one attached hydrogen (secondary N) is 1. The van der Waals surface area contributed by atoms with E-state index in [1.807, 2.05) is 25.3 Å². The number of aromatic nitrogens is 8. The van der Waals surface area contributed by atoms with Crippen LogP contribution >= 0.6 is 0 Å². The molecule has 1 N–H and O–H groups in total. The first kappa shape index (κ1) is 11.9. The molecule has 12 heteroatoms. The second-order valence-corrected chi connectivity index (χ2v) is 3.94. The van der Waals surface area contributed by atoms with Gasteiger partial charge in [-0.05, 0) is 19.9 Å². The van der Waals surface area contributed by atoms with Crippen LogP contribution in [0.1, 0.15) is 11.4 Å². The molecule has 0 radical (unpaired) electrons. The van der Waals surface area contributed by atoms with Crippen LogP contribution < -0.4 is 5.43 Å². The summed E-state index contributed by atoms with van der Waals surface area (Å²) in [7, 11) is 0. The number of aryl methyl sites for hydroxylation is 2. The number of nitro groups is 1. The molecule has 3 heterocycles. The van der Waals surface area contributed by atoms with E-state index in [-0.39, 0.29) is 17.7 Å². The number of hydrogen-bond acceptors (Lipinski definition) is 8. The molecule has 0 spiro atoms. The van der Waals surface area contributed by atoms with Crippen LogP contribution in [0.4, 0.5) is 5.95 Å². The lowest BCUT2D eigenvalue weighted by Crippen LogP contribution is -2.15. The summed E-state index contributed by atoms with van der Waals surface area (Å²) in [5.41, 5.74) is 3.47. The van der Waals surface area contributed by atoms with Crippen molar-refractivity contribution in [2.75, 3.05) is 5.43 Å². The van der Waals surface area contributed by atoms with Crippen molar-refractivity contribution in [3.8, 4) is 5.95 Å². The summed E-state index contributed by atoms with van der Waals surface area (Å²) < 4.78 is 2.55. The van der Waals surface area contributed by atoms with Gasteiger partial charge in [0.1, 0.15) is 0 Å². The summed E-state index contributed by atoms with van der Waals surface area (Å²) in [4.78, 5) is 10.5. The average Bonchev–Trinajstić information content (AvgIpc) is 2.92. The van der Waals surface area contributed by atoms with Crippen LogP contribution in [0.15, 0.2) is 6.07 Å². The minimum atomic E-state index is -0.762. The summed E-state index contributed by atoms with van der Waals surface area (Å²) in [5, 5.41) is 32.8. The van der Waals surface area contributed by atoms with Crippen molar-refractivity contribution in [2.24, 2.45) is 0 Å². The van der Waals surface area contributed by atoms with Crippen LogP contribution in [0.2, 0.25) is 0 Å². The predicted molar refractivity (Wildman–Crippen MR) is 63.6 cm³/mol. The first-order valence-corrected chi connectivity index (χ1v) is 5.45. The van der Waals surface area contributed by atoms with E-state index in [9.17, 15) is 10.1 Å². The standard InChI is InChI=1S/C8H8N10O2/c1-4-3-5(2)16(13-4)7-11-9-6-10-12-8(15-18(19)20)17(6)14-7/h3H,1-2H3,(H,12,15). The third-order valence-electron chi connectivity index (χ3n) is 2.43. The number of nitrogens with zero attached hydrogens (tertiary/aromatic N) is 9. The molecule has 0 saturated heterocycles. The van der Waals surface area contributed by atoms with Crippen LogP contribution in [-0.4, -0.2) is 44.8 Å². The van der Waals surface area contributed by atoms with Crippen molar-refractivity contribution in [1.82, 2.24) is 39.8 Å².